The molecule has 1 aromatic carbocycles. The standard InChI is InChI=1S/C30H31N9O2/c1-17-12-26(33-18(2)32-17)36-27-13-24(28-22(35-27)8-10-37(3)30(28)40)34-23-7-5-6-20-21-14-31-39(19-9-11-41-16-19)25(21)15-38(4)29(20)23/h5-8,10,12-14,19H,9,11,15-16H2,1-4H3,(H2,32,33,34,35,36)/t19-/m1/s1. The lowest BCUT2D eigenvalue weighted by molar-refractivity contribution is 0.184. The molecule has 0 unspecified atom stereocenters. The molecule has 0 radical (unpaired) electrons. The summed E-state index contributed by atoms with van der Waals surface area (Å²) in [5.41, 5.74) is 7.34. The van der Waals surface area contributed by atoms with Crippen molar-refractivity contribution in [1.82, 2.24) is 29.3 Å². The van der Waals surface area contributed by atoms with Gasteiger partial charge in [0, 0.05) is 55.9 Å². The lowest BCUT2D eigenvalue weighted by Gasteiger charge is -2.31. The average Bonchev–Trinajstić information content (AvgIpc) is 3.60. The van der Waals surface area contributed by atoms with E-state index in [-0.39, 0.29) is 11.6 Å². The molecule has 0 saturated carbocycles. The van der Waals surface area contributed by atoms with E-state index in [0.717, 1.165) is 47.8 Å². The summed E-state index contributed by atoms with van der Waals surface area (Å²) in [6.45, 7) is 5.97. The van der Waals surface area contributed by atoms with Gasteiger partial charge in [0.25, 0.3) is 5.56 Å². The quantitative estimate of drug-likeness (QED) is 0.324. The van der Waals surface area contributed by atoms with Crippen molar-refractivity contribution in [2.24, 2.45) is 7.05 Å². The van der Waals surface area contributed by atoms with Crippen molar-refractivity contribution < 1.29 is 4.74 Å². The minimum absolute atomic E-state index is 0.127. The molecule has 6 heterocycles. The van der Waals surface area contributed by atoms with Gasteiger partial charge < -0.3 is 24.8 Å². The van der Waals surface area contributed by atoms with Gasteiger partial charge in [0.15, 0.2) is 0 Å². The van der Waals surface area contributed by atoms with E-state index in [2.05, 4.69) is 43.3 Å². The molecule has 2 aliphatic heterocycles. The first-order valence-corrected chi connectivity index (χ1v) is 13.7. The number of hydrogen-bond acceptors (Lipinski definition) is 9. The van der Waals surface area contributed by atoms with Crippen LogP contribution in [0, 0.1) is 13.8 Å². The topological polar surface area (TPSA) is 115 Å². The maximum atomic E-state index is 13.4. The lowest BCUT2D eigenvalue weighted by atomic mass is 9.97. The van der Waals surface area contributed by atoms with Crippen molar-refractivity contribution in [3.63, 3.8) is 0 Å². The van der Waals surface area contributed by atoms with Crippen molar-refractivity contribution in [1.29, 1.82) is 0 Å². The highest BCUT2D eigenvalue weighted by Crippen LogP contribution is 2.45. The zero-order chi connectivity index (χ0) is 28.2. The Bertz CT molecular complexity index is 1850. The molecule has 1 fully saturated rings. The summed E-state index contributed by atoms with van der Waals surface area (Å²) in [5, 5.41) is 12.2. The number of benzene rings is 1. The molecule has 11 nitrogen and oxygen atoms in total. The summed E-state index contributed by atoms with van der Waals surface area (Å²) in [7, 11) is 3.84. The summed E-state index contributed by atoms with van der Waals surface area (Å²) in [5.74, 6) is 1.89. The van der Waals surface area contributed by atoms with Crippen LogP contribution in [-0.2, 0) is 18.3 Å². The third-order valence-corrected chi connectivity index (χ3v) is 7.77. The highest BCUT2D eigenvalue weighted by Gasteiger charge is 2.30. The Morgan fingerprint density at radius 3 is 2.63 bits per heavy atom. The average molecular weight is 550 g/mol. The summed E-state index contributed by atoms with van der Waals surface area (Å²) in [6.07, 6.45) is 4.67. The van der Waals surface area contributed by atoms with Gasteiger partial charge in [0.1, 0.15) is 17.5 Å². The van der Waals surface area contributed by atoms with E-state index in [1.54, 1.807) is 17.8 Å². The minimum atomic E-state index is -0.127. The highest BCUT2D eigenvalue weighted by atomic mass is 16.5. The van der Waals surface area contributed by atoms with Gasteiger partial charge in [-0.2, -0.15) is 5.10 Å². The van der Waals surface area contributed by atoms with E-state index in [1.807, 2.05) is 50.4 Å². The van der Waals surface area contributed by atoms with Crippen LogP contribution >= 0.6 is 0 Å². The molecule has 4 aromatic heterocycles. The number of fused-ring (bicyclic) bond motifs is 4. The monoisotopic (exact) mass is 549 g/mol. The first kappa shape index (κ1) is 25.2. The van der Waals surface area contributed by atoms with Crippen LogP contribution < -0.4 is 21.1 Å². The number of para-hydroxylation sites is 1. The van der Waals surface area contributed by atoms with E-state index in [9.17, 15) is 4.79 Å². The summed E-state index contributed by atoms with van der Waals surface area (Å²) < 4.78 is 9.34. The van der Waals surface area contributed by atoms with Crippen LogP contribution in [0.25, 0.3) is 22.0 Å². The van der Waals surface area contributed by atoms with Crippen LogP contribution in [0.3, 0.4) is 0 Å². The Hall–Kier alpha value is -4.77. The van der Waals surface area contributed by atoms with Crippen molar-refractivity contribution >= 4 is 39.6 Å². The van der Waals surface area contributed by atoms with Crippen LogP contribution in [0.1, 0.15) is 29.7 Å². The fraction of sp³-hybridized carbons (Fsp3) is 0.300. The summed E-state index contributed by atoms with van der Waals surface area (Å²) >= 11 is 0. The fourth-order valence-electron chi connectivity index (χ4n) is 5.93. The number of aromatic nitrogens is 6. The van der Waals surface area contributed by atoms with Gasteiger partial charge >= 0.3 is 0 Å². The number of hydrogen-bond donors (Lipinski definition) is 2. The lowest BCUT2D eigenvalue weighted by Crippen LogP contribution is -2.26. The van der Waals surface area contributed by atoms with Crippen molar-refractivity contribution in [3.05, 3.63) is 76.4 Å². The second kappa shape index (κ2) is 9.70. The molecule has 2 aliphatic rings. The van der Waals surface area contributed by atoms with Gasteiger partial charge in [0.05, 0.1) is 59.0 Å². The Morgan fingerprint density at radius 2 is 1.83 bits per heavy atom. The first-order valence-electron chi connectivity index (χ1n) is 13.7. The number of aryl methyl sites for hydroxylation is 3. The Morgan fingerprint density at radius 1 is 0.976 bits per heavy atom. The SMILES string of the molecule is Cc1cc(Nc2cc(Nc3cccc4c3N(C)Cc3c-4cnn3[C@@H]3CCOC3)c3c(=O)n(C)ccc3n2)nc(C)n1. The second-order valence-electron chi connectivity index (χ2n) is 10.8. The normalized spacial score (nSPS) is 16.1. The molecule has 2 N–H and O–H groups in total. The number of nitrogens with zero attached hydrogens (tertiary/aromatic N) is 7. The summed E-state index contributed by atoms with van der Waals surface area (Å²) in [6, 6.07) is 12.1. The molecule has 0 spiro atoms. The van der Waals surface area contributed by atoms with E-state index in [4.69, 9.17) is 14.8 Å². The Balaban J connectivity index is 1.33. The van der Waals surface area contributed by atoms with Gasteiger partial charge in [-0.15, -0.1) is 0 Å². The van der Waals surface area contributed by atoms with Crippen molar-refractivity contribution in [2.75, 3.05) is 35.8 Å². The number of pyridine rings is 2. The van der Waals surface area contributed by atoms with Crippen molar-refractivity contribution in [2.45, 2.75) is 32.9 Å². The zero-order valence-electron chi connectivity index (χ0n) is 23.5. The highest BCUT2D eigenvalue weighted by molar-refractivity contribution is 5.98. The van der Waals surface area contributed by atoms with Gasteiger partial charge in [-0.3, -0.25) is 9.48 Å². The van der Waals surface area contributed by atoms with Gasteiger partial charge in [-0.25, -0.2) is 15.0 Å². The van der Waals surface area contributed by atoms with Gasteiger partial charge in [-0.05, 0) is 32.4 Å². The van der Waals surface area contributed by atoms with E-state index >= 15 is 0 Å². The number of ether oxygens (including phenoxy) is 1. The first-order chi connectivity index (χ1) is 19.9. The number of nitrogens with one attached hydrogen (secondary N) is 2. The molecule has 1 saturated heterocycles. The fourth-order valence-corrected chi connectivity index (χ4v) is 5.93. The predicted molar refractivity (Wildman–Crippen MR) is 159 cm³/mol. The van der Waals surface area contributed by atoms with Crippen LogP contribution in [-0.4, -0.2) is 49.6 Å². The predicted octanol–water partition coefficient (Wildman–Crippen LogP) is 4.60. The number of anilines is 5. The molecular formula is C30H31N9O2. The second-order valence-corrected chi connectivity index (χ2v) is 10.8. The van der Waals surface area contributed by atoms with E-state index in [0.29, 0.717) is 40.7 Å². The van der Waals surface area contributed by atoms with Crippen LogP contribution in [0.2, 0.25) is 0 Å². The molecule has 0 bridgehead atoms. The summed E-state index contributed by atoms with van der Waals surface area (Å²) in [4.78, 5) is 29.2. The molecule has 11 heteroatoms. The maximum Gasteiger partial charge on any atom is 0.261 e. The van der Waals surface area contributed by atoms with Crippen LogP contribution in [0.5, 0.6) is 0 Å². The molecule has 0 amide bonds. The van der Waals surface area contributed by atoms with Gasteiger partial charge in [0.2, 0.25) is 0 Å². The number of rotatable bonds is 5. The van der Waals surface area contributed by atoms with E-state index < -0.39 is 0 Å². The smallest absolute Gasteiger partial charge is 0.261 e. The molecule has 1 atom stereocenters. The molecule has 208 valence electrons. The Kier molecular flexibility index (Phi) is 5.97. The van der Waals surface area contributed by atoms with E-state index in [1.165, 1.54) is 5.69 Å². The zero-order valence-corrected chi connectivity index (χ0v) is 23.5. The van der Waals surface area contributed by atoms with Crippen molar-refractivity contribution in [3.8, 4) is 11.1 Å². The molecular weight excluding hydrogens is 518 g/mol. The minimum Gasteiger partial charge on any atom is -0.379 e. The molecule has 5 aromatic rings. The van der Waals surface area contributed by atoms with Crippen LogP contribution in [0.4, 0.5) is 28.7 Å². The molecule has 0 aliphatic carbocycles. The maximum absolute atomic E-state index is 13.4. The largest absolute Gasteiger partial charge is 0.379 e. The third-order valence-electron chi connectivity index (χ3n) is 7.77. The van der Waals surface area contributed by atoms with Crippen LogP contribution in [0.15, 0.2) is 53.6 Å². The van der Waals surface area contributed by atoms with Gasteiger partial charge in [-0.1, -0.05) is 12.1 Å². The molecule has 7 rings (SSSR count). The third kappa shape index (κ3) is 4.38. The molecule has 41 heavy (non-hydrogen) atoms. The Labute approximate surface area is 236 Å².